The van der Waals surface area contributed by atoms with Crippen LogP contribution < -0.4 is 5.32 Å². The number of nitrogens with zero attached hydrogens (tertiary/aromatic N) is 1. The van der Waals surface area contributed by atoms with Gasteiger partial charge in [0.25, 0.3) is 0 Å². The summed E-state index contributed by atoms with van der Waals surface area (Å²) in [5.41, 5.74) is 2.22. The number of fused-ring (bicyclic) bond motifs is 1. The predicted octanol–water partition coefficient (Wildman–Crippen LogP) is 1.35. The van der Waals surface area contributed by atoms with Gasteiger partial charge < -0.3 is 15.4 Å². The van der Waals surface area contributed by atoms with Gasteiger partial charge in [-0.1, -0.05) is 0 Å². The number of H-pyrrole nitrogens is 1. The second kappa shape index (κ2) is 3.88. The first-order chi connectivity index (χ1) is 7.88. The van der Waals surface area contributed by atoms with Crippen LogP contribution in [0.2, 0.25) is 0 Å². The Morgan fingerprint density at radius 2 is 2.31 bits per heavy atom. The Morgan fingerprint density at radius 3 is 3.12 bits per heavy atom. The third kappa shape index (κ3) is 1.50. The summed E-state index contributed by atoms with van der Waals surface area (Å²) in [5, 5.41) is 13.7. The minimum atomic E-state index is 0.220. The maximum atomic E-state index is 9.12. The van der Waals surface area contributed by atoms with Crippen molar-refractivity contribution in [2.45, 2.75) is 24.9 Å². The van der Waals surface area contributed by atoms with Crippen LogP contribution in [0.5, 0.6) is 0 Å². The summed E-state index contributed by atoms with van der Waals surface area (Å²) in [4.78, 5) is 7.40. The standard InChI is InChI=1S/C12H15N3O/c16-7-8-1-2-11(15-8)9-3-5-13-12-10(9)4-6-14-12/h3-6,8,11,15-16H,1-2,7H2,(H,13,14)/t8-,11+/m0/s1. The van der Waals surface area contributed by atoms with E-state index in [1.54, 1.807) is 0 Å². The Labute approximate surface area is 93.7 Å². The number of rotatable bonds is 2. The molecule has 0 spiro atoms. The van der Waals surface area contributed by atoms with E-state index in [0.717, 1.165) is 18.5 Å². The van der Waals surface area contributed by atoms with E-state index < -0.39 is 0 Å². The van der Waals surface area contributed by atoms with Gasteiger partial charge in [-0.25, -0.2) is 4.98 Å². The van der Waals surface area contributed by atoms with Gasteiger partial charge in [-0.2, -0.15) is 0 Å². The average molecular weight is 217 g/mol. The molecule has 1 fully saturated rings. The first kappa shape index (κ1) is 9.81. The Morgan fingerprint density at radius 1 is 1.38 bits per heavy atom. The van der Waals surface area contributed by atoms with Crippen molar-refractivity contribution in [2.24, 2.45) is 0 Å². The fourth-order valence-corrected chi connectivity index (χ4v) is 2.49. The number of aliphatic hydroxyl groups excluding tert-OH is 1. The largest absolute Gasteiger partial charge is 0.395 e. The van der Waals surface area contributed by atoms with Crippen LogP contribution in [0, 0.1) is 0 Å². The van der Waals surface area contributed by atoms with Crippen molar-refractivity contribution in [3.05, 3.63) is 30.1 Å². The molecule has 0 radical (unpaired) electrons. The quantitative estimate of drug-likeness (QED) is 0.711. The van der Waals surface area contributed by atoms with E-state index in [1.807, 2.05) is 12.4 Å². The number of aromatic nitrogens is 2. The molecule has 1 saturated heterocycles. The zero-order valence-corrected chi connectivity index (χ0v) is 8.98. The van der Waals surface area contributed by atoms with Gasteiger partial charge in [-0.05, 0) is 30.5 Å². The van der Waals surface area contributed by atoms with Crippen LogP contribution in [0.25, 0.3) is 11.0 Å². The highest BCUT2D eigenvalue weighted by atomic mass is 16.3. The second-order valence-electron chi connectivity index (χ2n) is 4.32. The summed E-state index contributed by atoms with van der Waals surface area (Å²) in [6, 6.07) is 4.71. The molecule has 0 unspecified atom stereocenters. The molecule has 3 rings (SSSR count). The molecule has 4 nitrogen and oxygen atoms in total. The summed E-state index contributed by atoms with van der Waals surface area (Å²) >= 11 is 0. The SMILES string of the molecule is OC[C@@H]1CC[C@H](c2ccnc3[nH]ccc23)N1. The topological polar surface area (TPSA) is 60.9 Å². The monoisotopic (exact) mass is 217 g/mol. The number of aliphatic hydroxyl groups is 1. The molecule has 0 bridgehead atoms. The van der Waals surface area contributed by atoms with Crippen LogP contribution in [0.15, 0.2) is 24.5 Å². The molecule has 1 aliphatic heterocycles. The first-order valence-electron chi connectivity index (χ1n) is 5.67. The van der Waals surface area contributed by atoms with Crippen molar-refractivity contribution in [2.75, 3.05) is 6.61 Å². The van der Waals surface area contributed by atoms with Crippen molar-refractivity contribution in [1.82, 2.24) is 15.3 Å². The summed E-state index contributed by atoms with van der Waals surface area (Å²) in [6.07, 6.45) is 5.87. The number of pyridine rings is 1. The van der Waals surface area contributed by atoms with Crippen molar-refractivity contribution in [3.8, 4) is 0 Å². The molecule has 2 atom stereocenters. The second-order valence-corrected chi connectivity index (χ2v) is 4.32. The van der Waals surface area contributed by atoms with Crippen molar-refractivity contribution < 1.29 is 5.11 Å². The minimum Gasteiger partial charge on any atom is -0.395 e. The molecular weight excluding hydrogens is 202 g/mol. The smallest absolute Gasteiger partial charge is 0.137 e. The Hall–Kier alpha value is -1.39. The number of nitrogens with one attached hydrogen (secondary N) is 2. The van der Waals surface area contributed by atoms with Crippen LogP contribution in [0.3, 0.4) is 0 Å². The molecule has 16 heavy (non-hydrogen) atoms. The molecule has 84 valence electrons. The molecule has 3 N–H and O–H groups in total. The molecule has 1 aliphatic rings. The van der Waals surface area contributed by atoms with E-state index in [9.17, 15) is 0 Å². The van der Waals surface area contributed by atoms with Crippen molar-refractivity contribution in [3.63, 3.8) is 0 Å². The molecule has 0 aliphatic carbocycles. The normalized spacial score (nSPS) is 25.3. The lowest BCUT2D eigenvalue weighted by molar-refractivity contribution is 0.252. The van der Waals surface area contributed by atoms with E-state index in [-0.39, 0.29) is 12.6 Å². The molecule has 2 aromatic heterocycles. The minimum absolute atomic E-state index is 0.220. The van der Waals surface area contributed by atoms with Gasteiger partial charge in [-0.15, -0.1) is 0 Å². The summed E-state index contributed by atoms with van der Waals surface area (Å²) in [7, 11) is 0. The average Bonchev–Trinajstić information content (AvgIpc) is 2.97. The van der Waals surface area contributed by atoms with Crippen molar-refractivity contribution >= 4 is 11.0 Å². The van der Waals surface area contributed by atoms with Gasteiger partial charge in [0.05, 0.1) is 6.61 Å². The van der Waals surface area contributed by atoms with Crippen LogP contribution >= 0.6 is 0 Å². The maximum absolute atomic E-state index is 9.12. The lowest BCUT2D eigenvalue weighted by atomic mass is 10.0. The number of hydrogen-bond donors (Lipinski definition) is 3. The van der Waals surface area contributed by atoms with Gasteiger partial charge in [0, 0.05) is 29.9 Å². The fraction of sp³-hybridized carbons (Fsp3) is 0.417. The molecule has 2 aromatic rings. The molecule has 0 saturated carbocycles. The van der Waals surface area contributed by atoms with E-state index in [0.29, 0.717) is 6.04 Å². The maximum Gasteiger partial charge on any atom is 0.137 e. The number of aromatic amines is 1. The zero-order chi connectivity index (χ0) is 11.0. The highest BCUT2D eigenvalue weighted by Gasteiger charge is 2.25. The van der Waals surface area contributed by atoms with E-state index in [1.165, 1.54) is 10.9 Å². The summed E-state index contributed by atoms with van der Waals surface area (Å²) in [5.74, 6) is 0. The van der Waals surface area contributed by atoms with Gasteiger partial charge in [0.15, 0.2) is 0 Å². The van der Waals surface area contributed by atoms with E-state index in [4.69, 9.17) is 5.11 Å². The lowest BCUT2D eigenvalue weighted by Crippen LogP contribution is -2.27. The lowest BCUT2D eigenvalue weighted by Gasteiger charge is -2.13. The predicted molar refractivity (Wildman–Crippen MR) is 62.1 cm³/mol. The van der Waals surface area contributed by atoms with E-state index >= 15 is 0 Å². The zero-order valence-electron chi connectivity index (χ0n) is 8.98. The van der Waals surface area contributed by atoms with Gasteiger partial charge in [-0.3, -0.25) is 0 Å². The molecule has 4 heteroatoms. The highest BCUT2D eigenvalue weighted by molar-refractivity contribution is 5.79. The Balaban J connectivity index is 1.97. The molecular formula is C12H15N3O. The van der Waals surface area contributed by atoms with Crippen LogP contribution in [0.1, 0.15) is 24.4 Å². The molecule has 3 heterocycles. The summed E-state index contributed by atoms with van der Waals surface area (Å²) < 4.78 is 0. The van der Waals surface area contributed by atoms with Crippen molar-refractivity contribution in [1.29, 1.82) is 0 Å². The highest BCUT2D eigenvalue weighted by Crippen LogP contribution is 2.30. The first-order valence-corrected chi connectivity index (χ1v) is 5.67. The Kier molecular flexibility index (Phi) is 2.38. The third-order valence-electron chi connectivity index (χ3n) is 3.33. The third-order valence-corrected chi connectivity index (χ3v) is 3.33. The van der Waals surface area contributed by atoms with Crippen LogP contribution in [-0.4, -0.2) is 27.7 Å². The van der Waals surface area contributed by atoms with Gasteiger partial charge in [0.2, 0.25) is 0 Å². The Bertz CT molecular complexity index is 494. The van der Waals surface area contributed by atoms with Crippen LogP contribution in [0.4, 0.5) is 0 Å². The number of hydrogen-bond acceptors (Lipinski definition) is 3. The summed E-state index contributed by atoms with van der Waals surface area (Å²) in [6.45, 7) is 0.220. The van der Waals surface area contributed by atoms with Gasteiger partial charge >= 0.3 is 0 Å². The van der Waals surface area contributed by atoms with E-state index in [2.05, 4.69) is 27.4 Å². The molecule has 0 aromatic carbocycles. The fourth-order valence-electron chi connectivity index (χ4n) is 2.49. The van der Waals surface area contributed by atoms with Crippen LogP contribution in [-0.2, 0) is 0 Å². The molecule has 0 amide bonds. The van der Waals surface area contributed by atoms with Gasteiger partial charge in [0.1, 0.15) is 5.65 Å².